The number of hydrogen-bond donors (Lipinski definition) is 2. The van der Waals surface area contributed by atoms with Gasteiger partial charge in [-0.3, -0.25) is 4.79 Å². The number of amides is 1. The molecule has 3 rings (SSSR count). The molecule has 0 heterocycles. The summed E-state index contributed by atoms with van der Waals surface area (Å²) in [6.45, 7) is -0.431. The fourth-order valence-corrected chi connectivity index (χ4v) is 2.83. The van der Waals surface area contributed by atoms with Gasteiger partial charge in [-0.2, -0.15) is 0 Å². The van der Waals surface area contributed by atoms with Gasteiger partial charge in [-0.05, 0) is 48.1 Å². The molecule has 2 N–H and O–H groups in total. The average Bonchev–Trinajstić information content (AvgIpc) is 3.07. The second-order valence-corrected chi connectivity index (χ2v) is 5.81. The van der Waals surface area contributed by atoms with Crippen LogP contribution in [0.25, 0.3) is 0 Å². The minimum atomic E-state index is -1.39. The van der Waals surface area contributed by atoms with Crippen LogP contribution in [0.2, 0.25) is 0 Å². The van der Waals surface area contributed by atoms with Gasteiger partial charge in [-0.25, -0.2) is 4.79 Å². The molecule has 0 fully saturated rings. The number of benzene rings is 2. The fourth-order valence-electron chi connectivity index (χ4n) is 2.83. The fraction of sp³-hybridized carbons (Fsp3) is 0.263. The predicted molar refractivity (Wildman–Crippen MR) is 89.5 cm³/mol. The van der Waals surface area contributed by atoms with E-state index in [2.05, 4.69) is 5.32 Å². The van der Waals surface area contributed by atoms with Crippen molar-refractivity contribution < 1.29 is 19.4 Å². The Labute approximate surface area is 140 Å². The van der Waals surface area contributed by atoms with Crippen LogP contribution < -0.4 is 5.32 Å². The maximum Gasteiger partial charge on any atom is 0.340 e. The monoisotopic (exact) mass is 325 g/mol. The van der Waals surface area contributed by atoms with E-state index >= 15 is 0 Å². The summed E-state index contributed by atoms with van der Waals surface area (Å²) in [7, 11) is 0. The van der Waals surface area contributed by atoms with Gasteiger partial charge in [0.25, 0.3) is 5.91 Å². The molecule has 0 aliphatic heterocycles. The Morgan fingerprint density at radius 1 is 1.08 bits per heavy atom. The topological polar surface area (TPSA) is 75.6 Å². The van der Waals surface area contributed by atoms with Crippen molar-refractivity contribution in [3.05, 3.63) is 65.2 Å². The van der Waals surface area contributed by atoms with E-state index in [-0.39, 0.29) is 0 Å². The summed E-state index contributed by atoms with van der Waals surface area (Å²) in [5.74, 6) is -1.27. The average molecular weight is 325 g/mol. The number of ether oxygens (including phenoxy) is 1. The van der Waals surface area contributed by atoms with Crippen molar-refractivity contribution in [3.63, 3.8) is 0 Å². The lowest BCUT2D eigenvalue weighted by molar-refractivity contribution is -0.156. The zero-order chi connectivity index (χ0) is 16.9. The van der Waals surface area contributed by atoms with Gasteiger partial charge in [0.15, 0.2) is 12.7 Å². The first-order valence-corrected chi connectivity index (χ1v) is 7.95. The van der Waals surface area contributed by atoms with Crippen molar-refractivity contribution in [3.8, 4) is 0 Å². The van der Waals surface area contributed by atoms with Crippen LogP contribution in [0.1, 0.15) is 29.2 Å². The number of fused-ring (bicyclic) bond motifs is 1. The Kier molecular flexibility index (Phi) is 4.91. The molecule has 5 nitrogen and oxygen atoms in total. The Balaban J connectivity index is 1.51. The maximum atomic E-state index is 11.9. The second-order valence-electron chi connectivity index (χ2n) is 5.81. The normalized spacial score (nSPS) is 13.9. The lowest BCUT2D eigenvalue weighted by Gasteiger charge is -2.11. The third-order valence-electron chi connectivity index (χ3n) is 4.07. The van der Waals surface area contributed by atoms with E-state index in [4.69, 9.17) is 4.74 Å². The number of nitrogens with one attached hydrogen (secondary N) is 1. The van der Waals surface area contributed by atoms with E-state index in [0.29, 0.717) is 11.3 Å². The van der Waals surface area contributed by atoms with Crippen LogP contribution in [0.15, 0.2) is 48.5 Å². The number of carbonyl (C=O) groups is 2. The van der Waals surface area contributed by atoms with Gasteiger partial charge < -0.3 is 15.2 Å². The van der Waals surface area contributed by atoms with E-state index in [1.165, 1.54) is 11.1 Å². The van der Waals surface area contributed by atoms with E-state index in [1.807, 2.05) is 18.2 Å². The van der Waals surface area contributed by atoms with Crippen LogP contribution in [0.5, 0.6) is 0 Å². The minimum absolute atomic E-state index is 0.429. The smallest absolute Gasteiger partial charge is 0.340 e. The third kappa shape index (κ3) is 3.81. The van der Waals surface area contributed by atoms with Crippen molar-refractivity contribution >= 4 is 17.6 Å². The molecule has 1 amide bonds. The zero-order valence-electron chi connectivity index (χ0n) is 13.2. The lowest BCUT2D eigenvalue weighted by atomic mass is 10.1. The zero-order valence-corrected chi connectivity index (χ0v) is 13.2. The van der Waals surface area contributed by atoms with Crippen LogP contribution in [0, 0.1) is 0 Å². The van der Waals surface area contributed by atoms with Crippen LogP contribution in [-0.4, -0.2) is 23.6 Å². The second kappa shape index (κ2) is 7.27. The molecule has 0 aromatic heterocycles. The van der Waals surface area contributed by atoms with E-state index < -0.39 is 24.6 Å². The van der Waals surface area contributed by atoms with Crippen molar-refractivity contribution in [2.24, 2.45) is 0 Å². The van der Waals surface area contributed by atoms with Crippen molar-refractivity contribution in [2.45, 2.75) is 25.4 Å². The molecule has 0 spiro atoms. The number of carbonyl (C=O) groups excluding carboxylic acids is 2. The first-order valence-electron chi connectivity index (χ1n) is 7.95. The first-order chi connectivity index (χ1) is 11.6. The molecule has 0 radical (unpaired) electrons. The lowest BCUT2D eigenvalue weighted by Crippen LogP contribution is -2.24. The minimum Gasteiger partial charge on any atom is -0.453 e. The number of aryl methyl sites for hydroxylation is 2. The number of aliphatic hydroxyl groups excluding tert-OH is 1. The molecule has 2 aromatic rings. The summed E-state index contributed by atoms with van der Waals surface area (Å²) in [5.41, 5.74) is 3.71. The van der Waals surface area contributed by atoms with Gasteiger partial charge >= 0.3 is 5.97 Å². The number of hydrogen-bond acceptors (Lipinski definition) is 4. The quantitative estimate of drug-likeness (QED) is 0.828. The van der Waals surface area contributed by atoms with Crippen LogP contribution in [0.3, 0.4) is 0 Å². The standard InChI is InChI=1S/C19H19NO4/c21-17(20-16-10-9-13-7-4-8-15(13)11-16)12-24-19(23)18(22)14-5-2-1-3-6-14/h1-3,5-6,9-11,18,22H,4,7-8,12H2,(H,20,21)/t18-/m0/s1. The van der Waals surface area contributed by atoms with E-state index in [9.17, 15) is 14.7 Å². The van der Waals surface area contributed by atoms with E-state index in [0.717, 1.165) is 19.3 Å². The molecule has 0 unspecified atom stereocenters. The highest BCUT2D eigenvalue weighted by atomic mass is 16.5. The molecule has 0 bridgehead atoms. The molecular formula is C19H19NO4. The highest BCUT2D eigenvalue weighted by molar-refractivity contribution is 5.93. The summed E-state index contributed by atoms with van der Waals surface area (Å²) < 4.78 is 4.88. The largest absolute Gasteiger partial charge is 0.453 e. The van der Waals surface area contributed by atoms with Gasteiger partial charge in [0, 0.05) is 5.69 Å². The molecular weight excluding hydrogens is 306 g/mol. The summed E-state index contributed by atoms with van der Waals surface area (Å²) in [4.78, 5) is 23.7. The Morgan fingerprint density at radius 3 is 2.62 bits per heavy atom. The van der Waals surface area contributed by atoms with Crippen molar-refractivity contribution in [1.29, 1.82) is 0 Å². The van der Waals surface area contributed by atoms with Gasteiger partial charge in [0.1, 0.15) is 0 Å². The number of esters is 1. The molecule has 2 aromatic carbocycles. The number of aliphatic hydroxyl groups is 1. The Bertz CT molecular complexity index is 742. The SMILES string of the molecule is O=C(COC(=O)[C@@H](O)c1ccccc1)Nc1ccc2c(c1)CCC2. The highest BCUT2D eigenvalue weighted by Crippen LogP contribution is 2.24. The van der Waals surface area contributed by atoms with Gasteiger partial charge in [0.2, 0.25) is 0 Å². The highest BCUT2D eigenvalue weighted by Gasteiger charge is 2.20. The van der Waals surface area contributed by atoms with Crippen LogP contribution in [0.4, 0.5) is 5.69 Å². The molecule has 1 aliphatic carbocycles. The summed E-state index contributed by atoms with van der Waals surface area (Å²) >= 11 is 0. The Morgan fingerprint density at radius 2 is 1.83 bits per heavy atom. The van der Waals surface area contributed by atoms with E-state index in [1.54, 1.807) is 30.3 Å². The maximum absolute atomic E-state index is 11.9. The van der Waals surface area contributed by atoms with Crippen LogP contribution in [-0.2, 0) is 27.2 Å². The summed E-state index contributed by atoms with van der Waals surface area (Å²) in [6.07, 6.45) is 1.86. The molecule has 1 aliphatic rings. The van der Waals surface area contributed by atoms with Crippen molar-refractivity contribution in [2.75, 3.05) is 11.9 Å². The number of rotatable bonds is 5. The third-order valence-corrected chi connectivity index (χ3v) is 4.07. The first kappa shape index (κ1) is 16.2. The molecule has 24 heavy (non-hydrogen) atoms. The summed E-state index contributed by atoms with van der Waals surface area (Å²) in [5, 5.41) is 12.6. The molecule has 1 atom stereocenters. The molecule has 124 valence electrons. The summed E-state index contributed by atoms with van der Waals surface area (Å²) in [6, 6.07) is 14.3. The van der Waals surface area contributed by atoms with Crippen molar-refractivity contribution in [1.82, 2.24) is 0 Å². The number of anilines is 1. The van der Waals surface area contributed by atoms with Crippen LogP contribution >= 0.6 is 0 Å². The molecule has 0 saturated carbocycles. The molecule has 5 heteroatoms. The van der Waals surface area contributed by atoms with Gasteiger partial charge in [-0.1, -0.05) is 36.4 Å². The van der Waals surface area contributed by atoms with Gasteiger partial charge in [-0.15, -0.1) is 0 Å². The van der Waals surface area contributed by atoms with Gasteiger partial charge in [0.05, 0.1) is 0 Å². The predicted octanol–water partition coefficient (Wildman–Crippen LogP) is 2.39. The molecule has 0 saturated heterocycles. The Hall–Kier alpha value is -2.66.